The molecule has 1 aromatic heterocycles. The maximum absolute atomic E-state index is 9.23. The van der Waals surface area contributed by atoms with E-state index in [1.54, 1.807) is 13.1 Å². The van der Waals surface area contributed by atoms with E-state index >= 15 is 0 Å². The first-order chi connectivity index (χ1) is 8.25. The minimum atomic E-state index is -0.646. The number of aliphatic hydroxyl groups excluding tert-OH is 1. The van der Waals surface area contributed by atoms with Crippen LogP contribution in [-0.4, -0.2) is 21.5 Å². The van der Waals surface area contributed by atoms with Crippen LogP contribution in [-0.2, 0) is 0 Å². The Kier molecular flexibility index (Phi) is 3.43. The molecular formula is C13H13N3O. The fourth-order valence-corrected chi connectivity index (χ4v) is 1.36. The molecule has 1 unspecified atom stereocenters. The van der Waals surface area contributed by atoms with Gasteiger partial charge in [-0.2, -0.15) is 5.10 Å². The Hall–Kier alpha value is -2.25. The molecule has 0 aliphatic rings. The first kappa shape index (κ1) is 11.2. The van der Waals surface area contributed by atoms with Gasteiger partial charge in [-0.15, -0.1) is 0 Å². The predicted molar refractivity (Wildman–Crippen MR) is 66.3 cm³/mol. The highest BCUT2D eigenvalue weighted by atomic mass is 16.3. The molecule has 0 fully saturated rings. The van der Waals surface area contributed by atoms with Crippen molar-refractivity contribution in [1.29, 1.82) is 0 Å². The first-order valence-electron chi connectivity index (χ1n) is 5.31. The lowest BCUT2D eigenvalue weighted by atomic mass is 10.2. The van der Waals surface area contributed by atoms with Gasteiger partial charge in [0.2, 0.25) is 0 Å². The molecule has 0 radical (unpaired) electrons. The first-order valence-corrected chi connectivity index (χ1v) is 5.31. The van der Waals surface area contributed by atoms with E-state index in [1.807, 2.05) is 30.3 Å². The van der Waals surface area contributed by atoms with E-state index in [2.05, 4.69) is 27.4 Å². The van der Waals surface area contributed by atoms with Crippen molar-refractivity contribution >= 4 is 5.82 Å². The summed E-state index contributed by atoms with van der Waals surface area (Å²) in [5.74, 6) is 6.65. The van der Waals surface area contributed by atoms with Crippen LogP contribution in [0.1, 0.15) is 18.1 Å². The van der Waals surface area contributed by atoms with Gasteiger partial charge in [-0.05, 0) is 19.1 Å². The van der Waals surface area contributed by atoms with Gasteiger partial charge in [-0.1, -0.05) is 30.0 Å². The van der Waals surface area contributed by atoms with Crippen molar-refractivity contribution in [3.05, 3.63) is 47.7 Å². The fraction of sp³-hybridized carbons (Fsp3) is 0.154. The monoisotopic (exact) mass is 227 g/mol. The Bertz CT molecular complexity index is 535. The number of H-pyrrole nitrogens is 1. The molecule has 0 bridgehead atoms. The molecule has 0 saturated carbocycles. The minimum Gasteiger partial charge on any atom is -0.374 e. The van der Waals surface area contributed by atoms with Crippen molar-refractivity contribution < 1.29 is 5.11 Å². The van der Waals surface area contributed by atoms with Crippen LogP contribution in [0.15, 0.2) is 36.5 Å². The molecule has 2 rings (SSSR count). The molecule has 1 atom stereocenters. The molecule has 1 aromatic carbocycles. The number of hydrogen-bond acceptors (Lipinski definition) is 3. The van der Waals surface area contributed by atoms with Crippen molar-refractivity contribution in [3.63, 3.8) is 0 Å². The number of benzene rings is 1. The van der Waals surface area contributed by atoms with Gasteiger partial charge in [0.1, 0.15) is 12.0 Å². The summed E-state index contributed by atoms with van der Waals surface area (Å²) in [6.07, 6.45) is 0.980. The second-order valence-electron chi connectivity index (χ2n) is 3.60. The summed E-state index contributed by atoms with van der Waals surface area (Å²) in [6.45, 7) is 1.63. The number of anilines is 1. The normalized spacial score (nSPS) is 11.4. The molecule has 4 nitrogen and oxygen atoms in total. The molecule has 2 aromatic rings. The highest BCUT2D eigenvalue weighted by Crippen LogP contribution is 2.10. The van der Waals surface area contributed by atoms with Gasteiger partial charge >= 0.3 is 0 Å². The third-order valence-electron chi connectivity index (χ3n) is 2.11. The quantitative estimate of drug-likeness (QED) is 0.539. The van der Waals surface area contributed by atoms with Crippen LogP contribution in [0.4, 0.5) is 5.82 Å². The SMILES string of the molecule is CC(O)Nc1[nH]ncc1C#Cc1ccccc1. The predicted octanol–water partition coefficient (Wildman–Crippen LogP) is 1.56. The van der Waals surface area contributed by atoms with Gasteiger partial charge in [0.15, 0.2) is 0 Å². The zero-order chi connectivity index (χ0) is 12.1. The van der Waals surface area contributed by atoms with Gasteiger partial charge in [0, 0.05) is 5.56 Å². The summed E-state index contributed by atoms with van der Waals surface area (Å²) >= 11 is 0. The van der Waals surface area contributed by atoms with Crippen LogP contribution in [0.5, 0.6) is 0 Å². The topological polar surface area (TPSA) is 60.9 Å². The van der Waals surface area contributed by atoms with Crippen molar-refractivity contribution in [2.75, 3.05) is 5.32 Å². The van der Waals surface area contributed by atoms with Crippen LogP contribution in [0.2, 0.25) is 0 Å². The van der Waals surface area contributed by atoms with Crippen molar-refractivity contribution in [2.24, 2.45) is 0 Å². The number of aromatic amines is 1. The summed E-state index contributed by atoms with van der Waals surface area (Å²) in [5, 5.41) is 18.7. The Morgan fingerprint density at radius 3 is 2.76 bits per heavy atom. The standard InChI is InChI=1S/C13H13N3O/c1-10(17)15-13-12(9-14-16-13)8-7-11-5-3-2-4-6-11/h2-6,9-10,17H,1H3,(H2,14,15,16). The fourth-order valence-electron chi connectivity index (χ4n) is 1.36. The molecule has 4 heteroatoms. The summed E-state index contributed by atoms with van der Waals surface area (Å²) in [4.78, 5) is 0. The molecule has 17 heavy (non-hydrogen) atoms. The van der Waals surface area contributed by atoms with Gasteiger partial charge in [-0.25, -0.2) is 0 Å². The zero-order valence-corrected chi connectivity index (χ0v) is 9.44. The third kappa shape index (κ3) is 3.10. The lowest BCUT2D eigenvalue weighted by molar-refractivity contribution is 0.224. The number of nitrogens with zero attached hydrogens (tertiary/aromatic N) is 1. The van der Waals surface area contributed by atoms with Crippen molar-refractivity contribution in [3.8, 4) is 11.8 Å². The number of rotatable bonds is 2. The van der Waals surface area contributed by atoms with Crippen LogP contribution in [0.3, 0.4) is 0 Å². The minimum absolute atomic E-state index is 0.628. The maximum Gasteiger partial charge on any atom is 0.139 e. The Labute approximate surface area is 99.7 Å². The zero-order valence-electron chi connectivity index (χ0n) is 9.44. The van der Waals surface area contributed by atoms with E-state index in [0.717, 1.165) is 11.1 Å². The Balaban J connectivity index is 2.20. The van der Waals surface area contributed by atoms with Crippen LogP contribution in [0, 0.1) is 11.8 Å². The molecule has 0 spiro atoms. The summed E-state index contributed by atoms with van der Waals surface area (Å²) in [7, 11) is 0. The van der Waals surface area contributed by atoms with Gasteiger partial charge in [0.25, 0.3) is 0 Å². The van der Waals surface area contributed by atoms with Crippen LogP contribution in [0.25, 0.3) is 0 Å². The number of aromatic nitrogens is 2. The lowest BCUT2D eigenvalue weighted by Crippen LogP contribution is -2.14. The highest BCUT2D eigenvalue weighted by molar-refractivity contribution is 5.54. The third-order valence-corrected chi connectivity index (χ3v) is 2.11. The average molecular weight is 227 g/mol. The Morgan fingerprint density at radius 1 is 1.29 bits per heavy atom. The van der Waals surface area contributed by atoms with Gasteiger partial charge < -0.3 is 10.4 Å². The Morgan fingerprint density at radius 2 is 2.06 bits per heavy atom. The van der Waals surface area contributed by atoms with E-state index in [1.165, 1.54) is 0 Å². The van der Waals surface area contributed by atoms with Crippen molar-refractivity contribution in [1.82, 2.24) is 10.2 Å². The van der Waals surface area contributed by atoms with Crippen LogP contribution >= 0.6 is 0 Å². The number of aliphatic hydroxyl groups is 1. The van der Waals surface area contributed by atoms with Crippen molar-refractivity contribution in [2.45, 2.75) is 13.2 Å². The molecular weight excluding hydrogens is 214 g/mol. The highest BCUT2D eigenvalue weighted by Gasteiger charge is 2.03. The number of hydrogen-bond donors (Lipinski definition) is 3. The molecule has 0 aliphatic carbocycles. The molecule has 0 aliphatic heterocycles. The molecule has 3 N–H and O–H groups in total. The second kappa shape index (κ2) is 5.19. The molecule has 0 amide bonds. The van der Waals surface area contributed by atoms with E-state index in [4.69, 9.17) is 0 Å². The van der Waals surface area contributed by atoms with E-state index in [0.29, 0.717) is 5.82 Å². The molecule has 0 saturated heterocycles. The lowest BCUT2D eigenvalue weighted by Gasteiger charge is -2.05. The molecule has 86 valence electrons. The number of nitrogens with one attached hydrogen (secondary N) is 2. The average Bonchev–Trinajstić information content (AvgIpc) is 2.74. The summed E-state index contributed by atoms with van der Waals surface area (Å²) in [5.41, 5.74) is 1.67. The maximum atomic E-state index is 9.23. The van der Waals surface area contributed by atoms with Crippen LogP contribution < -0.4 is 5.32 Å². The van der Waals surface area contributed by atoms with Gasteiger partial charge in [-0.3, -0.25) is 5.10 Å². The van der Waals surface area contributed by atoms with E-state index in [-0.39, 0.29) is 0 Å². The van der Waals surface area contributed by atoms with Gasteiger partial charge in [0.05, 0.1) is 11.8 Å². The largest absolute Gasteiger partial charge is 0.374 e. The summed E-state index contributed by atoms with van der Waals surface area (Å²) < 4.78 is 0. The molecule has 1 heterocycles. The van der Waals surface area contributed by atoms with E-state index < -0.39 is 6.23 Å². The second-order valence-corrected chi connectivity index (χ2v) is 3.60. The summed E-state index contributed by atoms with van der Waals surface area (Å²) in [6, 6.07) is 9.70. The van der Waals surface area contributed by atoms with E-state index in [9.17, 15) is 5.11 Å². The smallest absolute Gasteiger partial charge is 0.139 e.